The molecule has 1 aromatic rings. The minimum Gasteiger partial charge on any atom is -0.317 e. The van der Waals surface area contributed by atoms with Gasteiger partial charge >= 0.3 is 0 Å². The van der Waals surface area contributed by atoms with E-state index in [0.717, 1.165) is 32.2 Å². The highest BCUT2D eigenvalue weighted by molar-refractivity contribution is 5.34. The summed E-state index contributed by atoms with van der Waals surface area (Å²) in [5.41, 5.74) is 1.44. The van der Waals surface area contributed by atoms with Gasteiger partial charge in [0.05, 0.1) is 4.92 Å². The van der Waals surface area contributed by atoms with Crippen molar-refractivity contribution < 1.29 is 4.92 Å². The maximum Gasteiger partial charge on any atom is 0.269 e. The Kier molecular flexibility index (Phi) is 4.51. The van der Waals surface area contributed by atoms with Crippen LogP contribution in [-0.4, -0.2) is 42.0 Å². The maximum absolute atomic E-state index is 10.7. The zero-order chi connectivity index (χ0) is 14.7. The number of piperidine rings is 2. The van der Waals surface area contributed by atoms with Crippen LogP contribution in [0, 0.1) is 10.1 Å². The van der Waals surface area contributed by atoms with Crippen molar-refractivity contribution in [3.63, 3.8) is 0 Å². The lowest BCUT2D eigenvalue weighted by Gasteiger charge is -2.39. The molecule has 2 fully saturated rings. The molecular weight excluding hydrogens is 266 g/mol. The quantitative estimate of drug-likeness (QED) is 0.686. The maximum atomic E-state index is 10.7. The topological polar surface area (TPSA) is 58.4 Å². The van der Waals surface area contributed by atoms with Gasteiger partial charge in [-0.15, -0.1) is 0 Å². The molecule has 0 aromatic heterocycles. The summed E-state index contributed by atoms with van der Waals surface area (Å²) < 4.78 is 0. The Labute approximate surface area is 125 Å². The van der Waals surface area contributed by atoms with Crippen LogP contribution in [0.15, 0.2) is 24.3 Å². The smallest absolute Gasteiger partial charge is 0.269 e. The third kappa shape index (κ3) is 3.41. The molecule has 0 spiro atoms. The summed E-state index contributed by atoms with van der Waals surface area (Å²) in [7, 11) is 0. The van der Waals surface area contributed by atoms with E-state index >= 15 is 0 Å². The fourth-order valence-electron chi connectivity index (χ4n) is 3.64. The summed E-state index contributed by atoms with van der Waals surface area (Å²) in [6, 6.07) is 7.89. The highest BCUT2D eigenvalue weighted by atomic mass is 16.6. The Morgan fingerprint density at radius 2 is 1.67 bits per heavy atom. The largest absolute Gasteiger partial charge is 0.317 e. The molecule has 0 radical (unpaired) electrons. The zero-order valence-corrected chi connectivity index (χ0v) is 12.3. The molecule has 2 heterocycles. The normalized spacial score (nSPS) is 22.3. The molecule has 0 amide bonds. The molecule has 2 saturated heterocycles. The molecule has 0 atom stereocenters. The lowest BCUT2D eigenvalue weighted by atomic mass is 9.88. The van der Waals surface area contributed by atoms with Gasteiger partial charge in [-0.25, -0.2) is 0 Å². The van der Waals surface area contributed by atoms with E-state index in [-0.39, 0.29) is 10.6 Å². The molecular formula is C16H23N3O2. The highest BCUT2D eigenvalue weighted by Gasteiger charge is 2.26. The Morgan fingerprint density at radius 1 is 1.05 bits per heavy atom. The van der Waals surface area contributed by atoms with Crippen molar-refractivity contribution in [3.05, 3.63) is 39.9 Å². The van der Waals surface area contributed by atoms with Crippen molar-refractivity contribution in [1.29, 1.82) is 0 Å². The third-order valence-electron chi connectivity index (χ3n) is 4.93. The van der Waals surface area contributed by atoms with E-state index < -0.39 is 0 Å². The number of likely N-dealkylation sites (tertiary alicyclic amines) is 1. The van der Waals surface area contributed by atoms with Gasteiger partial charge in [0.2, 0.25) is 0 Å². The fourth-order valence-corrected chi connectivity index (χ4v) is 3.64. The molecule has 0 aliphatic carbocycles. The molecule has 2 aliphatic heterocycles. The fraction of sp³-hybridized carbons (Fsp3) is 0.625. The number of nitro groups is 1. The van der Waals surface area contributed by atoms with Crippen LogP contribution in [0.5, 0.6) is 0 Å². The van der Waals surface area contributed by atoms with Gasteiger partial charge in [-0.3, -0.25) is 10.1 Å². The van der Waals surface area contributed by atoms with Crippen molar-refractivity contribution in [2.24, 2.45) is 0 Å². The highest BCUT2D eigenvalue weighted by Crippen LogP contribution is 2.30. The Hall–Kier alpha value is -1.46. The number of hydrogen-bond donors (Lipinski definition) is 1. The van der Waals surface area contributed by atoms with Crippen molar-refractivity contribution >= 4 is 5.69 Å². The summed E-state index contributed by atoms with van der Waals surface area (Å²) in [6.45, 7) is 4.61. The molecule has 21 heavy (non-hydrogen) atoms. The van der Waals surface area contributed by atoms with Crippen LogP contribution in [0.25, 0.3) is 0 Å². The number of rotatable bonds is 3. The number of benzene rings is 1. The molecule has 0 bridgehead atoms. The number of non-ortho nitro benzene ring substituents is 1. The molecule has 0 unspecified atom stereocenters. The SMILES string of the molecule is O=[N+]([O-])c1ccc(C2CCN(C3CCNCC3)CC2)cc1. The van der Waals surface area contributed by atoms with Gasteiger partial charge < -0.3 is 10.2 Å². The Morgan fingerprint density at radius 3 is 2.24 bits per heavy atom. The predicted octanol–water partition coefficient (Wildman–Crippen LogP) is 2.53. The second kappa shape index (κ2) is 6.54. The second-order valence-electron chi connectivity index (χ2n) is 6.14. The summed E-state index contributed by atoms with van der Waals surface area (Å²) in [5, 5.41) is 14.1. The molecule has 1 aromatic carbocycles. The average Bonchev–Trinajstić information content (AvgIpc) is 2.56. The van der Waals surface area contributed by atoms with Crippen LogP contribution in [0.1, 0.15) is 37.2 Å². The minimum atomic E-state index is -0.330. The van der Waals surface area contributed by atoms with Crippen LogP contribution in [0.3, 0.4) is 0 Å². The van der Waals surface area contributed by atoms with Crippen molar-refractivity contribution in [3.8, 4) is 0 Å². The van der Waals surface area contributed by atoms with Gasteiger partial charge in [-0.1, -0.05) is 12.1 Å². The zero-order valence-electron chi connectivity index (χ0n) is 12.3. The van der Waals surface area contributed by atoms with Crippen LogP contribution in [-0.2, 0) is 0 Å². The average molecular weight is 289 g/mol. The van der Waals surface area contributed by atoms with Gasteiger partial charge in [0.1, 0.15) is 0 Å². The molecule has 1 N–H and O–H groups in total. The monoisotopic (exact) mass is 289 g/mol. The first kappa shape index (κ1) is 14.5. The first-order valence-corrected chi connectivity index (χ1v) is 7.93. The van der Waals surface area contributed by atoms with Crippen molar-refractivity contribution in [2.75, 3.05) is 26.2 Å². The van der Waals surface area contributed by atoms with Gasteiger partial charge in [-0.2, -0.15) is 0 Å². The number of nitro benzene ring substituents is 1. The van der Waals surface area contributed by atoms with Gasteiger partial charge in [0, 0.05) is 18.2 Å². The molecule has 5 nitrogen and oxygen atoms in total. The van der Waals surface area contributed by atoms with Gasteiger partial charge in [-0.05, 0) is 63.3 Å². The standard InChI is InChI=1S/C16H23N3O2/c20-19(21)16-3-1-13(2-4-16)14-7-11-18(12-8-14)15-5-9-17-10-6-15/h1-4,14-15,17H,5-12H2. The third-order valence-corrected chi connectivity index (χ3v) is 4.93. The van der Waals surface area contributed by atoms with Crippen molar-refractivity contribution in [2.45, 2.75) is 37.6 Å². The van der Waals surface area contributed by atoms with E-state index in [1.807, 2.05) is 12.1 Å². The van der Waals surface area contributed by atoms with Gasteiger partial charge in [0.25, 0.3) is 5.69 Å². The molecule has 3 rings (SSSR count). The van der Waals surface area contributed by atoms with Crippen LogP contribution in [0.4, 0.5) is 5.69 Å². The van der Waals surface area contributed by atoms with Crippen molar-refractivity contribution in [1.82, 2.24) is 10.2 Å². The molecule has 2 aliphatic rings. The minimum absolute atomic E-state index is 0.186. The molecule has 0 saturated carbocycles. The lowest BCUT2D eigenvalue weighted by molar-refractivity contribution is -0.384. The second-order valence-corrected chi connectivity index (χ2v) is 6.14. The van der Waals surface area contributed by atoms with E-state index in [2.05, 4.69) is 10.2 Å². The van der Waals surface area contributed by atoms with E-state index in [1.54, 1.807) is 12.1 Å². The first-order valence-electron chi connectivity index (χ1n) is 7.93. The molecule has 114 valence electrons. The predicted molar refractivity (Wildman–Crippen MR) is 82.5 cm³/mol. The number of hydrogen-bond acceptors (Lipinski definition) is 4. The van der Waals surface area contributed by atoms with Crippen LogP contribution < -0.4 is 5.32 Å². The Balaban J connectivity index is 1.56. The number of nitrogens with one attached hydrogen (secondary N) is 1. The lowest BCUT2D eigenvalue weighted by Crippen LogP contribution is -2.46. The van der Waals surface area contributed by atoms with Gasteiger partial charge in [0.15, 0.2) is 0 Å². The van der Waals surface area contributed by atoms with Crippen LogP contribution in [0.2, 0.25) is 0 Å². The van der Waals surface area contributed by atoms with E-state index in [9.17, 15) is 10.1 Å². The van der Waals surface area contributed by atoms with E-state index in [1.165, 1.54) is 31.2 Å². The number of nitrogens with zero attached hydrogens (tertiary/aromatic N) is 2. The van der Waals surface area contributed by atoms with Crippen LogP contribution >= 0.6 is 0 Å². The summed E-state index contributed by atoms with van der Waals surface area (Å²) in [5.74, 6) is 0.559. The Bertz CT molecular complexity index is 475. The summed E-state index contributed by atoms with van der Waals surface area (Å²) >= 11 is 0. The summed E-state index contributed by atoms with van der Waals surface area (Å²) in [4.78, 5) is 13.0. The van der Waals surface area contributed by atoms with E-state index in [0.29, 0.717) is 5.92 Å². The first-order chi connectivity index (χ1) is 10.2. The molecule has 5 heteroatoms. The van der Waals surface area contributed by atoms with E-state index in [4.69, 9.17) is 0 Å². The summed E-state index contributed by atoms with van der Waals surface area (Å²) in [6.07, 6.45) is 4.87.